The number of hydrogen-bond acceptors (Lipinski definition) is 2. The summed E-state index contributed by atoms with van der Waals surface area (Å²) in [6, 6.07) is 7.22. The van der Waals surface area contributed by atoms with Crippen LogP contribution in [0.4, 0.5) is 0 Å². The van der Waals surface area contributed by atoms with Crippen molar-refractivity contribution in [3.05, 3.63) is 29.8 Å². The molecule has 0 spiro atoms. The van der Waals surface area contributed by atoms with Gasteiger partial charge in [-0.2, -0.15) is 0 Å². The molecular weight excluding hydrogens is 248 g/mol. The molecule has 0 aliphatic carbocycles. The van der Waals surface area contributed by atoms with Gasteiger partial charge >= 0.3 is 0 Å². The Bertz CT molecular complexity index is 510. The van der Waals surface area contributed by atoms with Gasteiger partial charge in [-0.3, -0.25) is 0 Å². The van der Waals surface area contributed by atoms with Gasteiger partial charge in [-0.05, 0) is 29.7 Å². The molecule has 0 saturated heterocycles. The van der Waals surface area contributed by atoms with Gasteiger partial charge in [-0.1, -0.05) is 46.0 Å². The predicted octanol–water partition coefficient (Wildman–Crippen LogP) is 3.77. The monoisotopic (exact) mass is 270 g/mol. The van der Waals surface area contributed by atoms with Gasteiger partial charge in [0, 0.05) is 0 Å². The molecule has 0 radical (unpaired) electrons. The summed E-state index contributed by atoms with van der Waals surface area (Å²) in [5.74, 6) is 0. The first-order valence-electron chi connectivity index (χ1n) is 5.81. The van der Waals surface area contributed by atoms with E-state index in [1.807, 2.05) is 52.9 Å². The number of hydrogen-bond donors (Lipinski definition) is 0. The van der Waals surface area contributed by atoms with Gasteiger partial charge in [0.15, 0.2) is 0 Å². The molecule has 0 fully saturated rings. The van der Waals surface area contributed by atoms with E-state index in [1.54, 1.807) is 12.1 Å². The van der Waals surface area contributed by atoms with E-state index >= 15 is 0 Å². The number of aryl methyl sites for hydroxylation is 1. The zero-order chi connectivity index (χ0) is 13.5. The Morgan fingerprint density at radius 1 is 1.12 bits per heavy atom. The third kappa shape index (κ3) is 2.47. The van der Waals surface area contributed by atoms with E-state index in [0.717, 1.165) is 5.56 Å². The normalized spacial score (nSPS) is 13.8. The Kier molecular flexibility index (Phi) is 3.61. The Hall–Kier alpha value is -0.613. The summed E-state index contributed by atoms with van der Waals surface area (Å²) in [5, 5.41) is -0.171. The predicted molar refractivity (Wildman–Crippen MR) is 75.6 cm³/mol. The fourth-order valence-corrected chi connectivity index (χ4v) is 8.04. The molecule has 0 aliphatic heterocycles. The third-order valence-corrected chi connectivity index (χ3v) is 16.2. The molecule has 0 bridgehead atoms. The van der Waals surface area contributed by atoms with Crippen molar-refractivity contribution in [3.8, 4) is 0 Å². The van der Waals surface area contributed by atoms with Gasteiger partial charge < -0.3 is 0 Å². The van der Waals surface area contributed by atoms with Crippen LogP contribution in [-0.2, 0) is 9.29 Å². The highest BCUT2D eigenvalue weighted by molar-refractivity contribution is 8.22. The zero-order valence-corrected chi connectivity index (χ0v) is 13.4. The van der Waals surface area contributed by atoms with Crippen molar-refractivity contribution in [1.29, 1.82) is 0 Å². The highest BCUT2D eigenvalue weighted by atomic mass is 32.4. The fraction of sp³-hybridized carbons (Fsp3) is 0.538. The molecule has 4 heteroatoms. The average molecular weight is 270 g/mol. The highest BCUT2D eigenvalue weighted by Crippen LogP contribution is 2.42. The topological polar surface area (TPSA) is 34.1 Å². The second-order valence-corrected chi connectivity index (χ2v) is 16.8. The third-order valence-electron chi connectivity index (χ3n) is 3.78. The van der Waals surface area contributed by atoms with E-state index in [2.05, 4.69) is 0 Å². The van der Waals surface area contributed by atoms with Crippen LogP contribution >= 0.6 is 0 Å². The first-order chi connectivity index (χ1) is 7.50. The van der Waals surface area contributed by atoms with Gasteiger partial charge in [0.2, 0.25) is 7.22 Å². The first kappa shape index (κ1) is 14.4. The minimum atomic E-state index is -3.18. The fourth-order valence-electron chi connectivity index (χ4n) is 1.48. The van der Waals surface area contributed by atoms with Crippen molar-refractivity contribution in [3.63, 3.8) is 0 Å². The van der Waals surface area contributed by atoms with Crippen LogP contribution in [0.15, 0.2) is 29.2 Å². The van der Waals surface area contributed by atoms with Crippen LogP contribution in [0.5, 0.6) is 0 Å². The van der Waals surface area contributed by atoms with Crippen LogP contribution in [0.25, 0.3) is 0 Å². The van der Waals surface area contributed by atoms with E-state index in [4.69, 9.17) is 0 Å². The summed E-state index contributed by atoms with van der Waals surface area (Å²) in [4.78, 5) is 0.476. The summed E-state index contributed by atoms with van der Waals surface area (Å²) >= 11 is 0. The van der Waals surface area contributed by atoms with Gasteiger partial charge in [0.25, 0.3) is 0 Å². The van der Waals surface area contributed by atoms with Crippen molar-refractivity contribution in [2.24, 2.45) is 0 Å². The minimum Gasteiger partial charge on any atom is -0.231 e. The Balaban J connectivity index is 3.40. The Morgan fingerprint density at radius 2 is 1.65 bits per heavy atom. The molecule has 2 nitrogen and oxygen atoms in total. The van der Waals surface area contributed by atoms with Crippen LogP contribution in [0, 0.1) is 6.92 Å². The number of benzene rings is 1. The maximum absolute atomic E-state index is 12.7. The number of rotatable bonds is 2. The molecule has 0 atom stereocenters. The first-order valence-corrected chi connectivity index (χ1v) is 11.0. The van der Waals surface area contributed by atoms with Crippen LogP contribution in [0.2, 0.25) is 18.1 Å². The second kappa shape index (κ2) is 4.25. The summed E-state index contributed by atoms with van der Waals surface area (Å²) in [6.45, 7) is 11.9. The highest BCUT2D eigenvalue weighted by Gasteiger charge is 2.48. The summed E-state index contributed by atoms with van der Waals surface area (Å²) < 4.78 is 25.4. The van der Waals surface area contributed by atoms with Gasteiger partial charge in [0.1, 0.15) is 9.29 Å². The lowest BCUT2D eigenvalue weighted by molar-refractivity contribution is 0.602. The van der Waals surface area contributed by atoms with Crippen molar-refractivity contribution < 1.29 is 8.42 Å². The molecule has 0 heterocycles. The molecule has 0 aliphatic rings. The lowest BCUT2D eigenvalue weighted by Crippen LogP contribution is -2.46. The van der Waals surface area contributed by atoms with E-state index in [1.165, 1.54) is 0 Å². The molecule has 17 heavy (non-hydrogen) atoms. The Labute approximate surface area is 106 Å². The summed E-state index contributed by atoms with van der Waals surface area (Å²) in [5.41, 5.74) is 0.991. The molecule has 0 amide bonds. The summed E-state index contributed by atoms with van der Waals surface area (Å²) in [6.07, 6.45) is 0. The van der Waals surface area contributed by atoms with Crippen molar-refractivity contribution in [2.75, 3.05) is 0 Å². The van der Waals surface area contributed by atoms with E-state index in [0.29, 0.717) is 4.90 Å². The Morgan fingerprint density at radius 3 is 2.06 bits per heavy atom. The average Bonchev–Trinajstić information content (AvgIpc) is 2.15. The molecule has 0 saturated carbocycles. The molecule has 1 aromatic rings. The molecule has 0 aromatic heterocycles. The van der Waals surface area contributed by atoms with Gasteiger partial charge in [0.05, 0.1) is 4.90 Å². The van der Waals surface area contributed by atoms with Crippen LogP contribution in [-0.4, -0.2) is 15.6 Å². The molecule has 0 N–H and O–H groups in total. The molecular formula is C13H22O2SSi. The molecule has 1 aromatic carbocycles. The molecule has 96 valence electrons. The smallest absolute Gasteiger partial charge is 0.201 e. The van der Waals surface area contributed by atoms with Crippen molar-refractivity contribution in [2.45, 2.75) is 50.7 Å². The van der Waals surface area contributed by atoms with Gasteiger partial charge in [-0.25, -0.2) is 8.42 Å². The van der Waals surface area contributed by atoms with E-state index < -0.39 is 16.5 Å². The standard InChI is InChI=1S/C13H22O2SSi/c1-11-8-7-9-12(10-11)16(14,15)17(5,6)13(2,3)4/h7-10H,1-6H3. The quantitative estimate of drug-likeness (QED) is 0.767. The van der Waals surface area contributed by atoms with Crippen molar-refractivity contribution >= 4 is 16.5 Å². The minimum absolute atomic E-state index is 0.171. The molecule has 0 unspecified atom stereocenters. The van der Waals surface area contributed by atoms with E-state index in [9.17, 15) is 8.42 Å². The lowest BCUT2D eigenvalue weighted by Gasteiger charge is -2.35. The SMILES string of the molecule is Cc1cccc(S(=O)(=O)[Si](C)(C)C(C)(C)C)c1. The second-order valence-electron chi connectivity index (χ2n) is 6.08. The van der Waals surface area contributed by atoms with Crippen LogP contribution < -0.4 is 0 Å². The zero-order valence-electron chi connectivity index (χ0n) is 11.5. The summed E-state index contributed by atoms with van der Waals surface area (Å²) in [7, 11) is -5.60. The maximum Gasteiger partial charge on any atom is 0.201 e. The van der Waals surface area contributed by atoms with Crippen LogP contribution in [0.1, 0.15) is 26.3 Å². The van der Waals surface area contributed by atoms with E-state index in [-0.39, 0.29) is 5.04 Å². The maximum atomic E-state index is 12.7. The molecule has 1 rings (SSSR count). The lowest BCUT2D eigenvalue weighted by atomic mass is 10.2. The largest absolute Gasteiger partial charge is 0.231 e. The van der Waals surface area contributed by atoms with Gasteiger partial charge in [-0.15, -0.1) is 0 Å². The van der Waals surface area contributed by atoms with Crippen molar-refractivity contribution in [1.82, 2.24) is 0 Å². The van der Waals surface area contributed by atoms with Crippen LogP contribution in [0.3, 0.4) is 0 Å².